The Morgan fingerprint density at radius 3 is 2.81 bits per heavy atom. The SMILES string of the molecule is O=C(Cc1cc2ccccc2[nH]c1=O)NCCc1nc2ccccc2s1. The molecule has 130 valence electrons. The van der Waals surface area contributed by atoms with Crippen molar-refractivity contribution in [1.82, 2.24) is 15.3 Å². The van der Waals surface area contributed by atoms with Crippen molar-refractivity contribution < 1.29 is 4.79 Å². The fourth-order valence-corrected chi connectivity index (χ4v) is 3.86. The Morgan fingerprint density at radius 1 is 1.12 bits per heavy atom. The first-order valence-corrected chi connectivity index (χ1v) is 9.23. The summed E-state index contributed by atoms with van der Waals surface area (Å²) >= 11 is 1.64. The lowest BCUT2D eigenvalue weighted by molar-refractivity contribution is -0.120. The molecule has 6 heteroatoms. The number of carbonyl (C=O) groups is 1. The number of benzene rings is 2. The number of pyridine rings is 1. The second kappa shape index (κ2) is 7.09. The van der Waals surface area contributed by atoms with E-state index in [0.717, 1.165) is 26.1 Å². The van der Waals surface area contributed by atoms with E-state index >= 15 is 0 Å². The number of aromatic amines is 1. The summed E-state index contributed by atoms with van der Waals surface area (Å²) in [7, 11) is 0. The Hall–Kier alpha value is -2.99. The molecule has 0 saturated carbocycles. The van der Waals surface area contributed by atoms with E-state index in [1.165, 1.54) is 0 Å². The van der Waals surface area contributed by atoms with Crippen molar-refractivity contribution in [2.75, 3.05) is 6.54 Å². The van der Waals surface area contributed by atoms with Crippen LogP contribution in [0.2, 0.25) is 0 Å². The van der Waals surface area contributed by atoms with Gasteiger partial charge in [-0.2, -0.15) is 0 Å². The van der Waals surface area contributed by atoms with Gasteiger partial charge in [0.25, 0.3) is 5.56 Å². The van der Waals surface area contributed by atoms with Gasteiger partial charge in [0.2, 0.25) is 5.91 Å². The summed E-state index contributed by atoms with van der Waals surface area (Å²) in [6.07, 6.45) is 0.749. The second-order valence-electron chi connectivity index (χ2n) is 6.06. The summed E-state index contributed by atoms with van der Waals surface area (Å²) in [5.41, 5.74) is 2.02. The predicted molar refractivity (Wildman–Crippen MR) is 105 cm³/mol. The van der Waals surface area contributed by atoms with Crippen LogP contribution in [0.3, 0.4) is 0 Å². The molecule has 0 aliphatic carbocycles. The Morgan fingerprint density at radius 2 is 1.92 bits per heavy atom. The molecule has 4 aromatic rings. The predicted octanol–water partition coefficient (Wildman–Crippen LogP) is 3.04. The Balaban J connectivity index is 1.38. The van der Waals surface area contributed by atoms with Crippen LogP contribution < -0.4 is 10.9 Å². The van der Waals surface area contributed by atoms with Crippen molar-refractivity contribution in [2.45, 2.75) is 12.8 Å². The maximum Gasteiger partial charge on any atom is 0.252 e. The average Bonchev–Trinajstić information content (AvgIpc) is 3.05. The minimum absolute atomic E-state index is 0.0695. The molecule has 2 N–H and O–H groups in total. The molecule has 0 radical (unpaired) electrons. The molecule has 0 bridgehead atoms. The number of nitrogens with zero attached hydrogens (tertiary/aromatic N) is 1. The number of carbonyl (C=O) groups excluding carboxylic acids is 1. The molecule has 2 aromatic carbocycles. The fourth-order valence-electron chi connectivity index (χ4n) is 2.90. The quantitative estimate of drug-likeness (QED) is 0.572. The van der Waals surface area contributed by atoms with Crippen LogP contribution in [-0.2, 0) is 17.6 Å². The number of fused-ring (bicyclic) bond motifs is 2. The number of rotatable bonds is 5. The van der Waals surface area contributed by atoms with Crippen LogP contribution in [0.15, 0.2) is 59.4 Å². The van der Waals surface area contributed by atoms with Crippen molar-refractivity contribution in [2.24, 2.45) is 0 Å². The van der Waals surface area contributed by atoms with E-state index < -0.39 is 0 Å². The number of amides is 1. The third kappa shape index (κ3) is 3.50. The van der Waals surface area contributed by atoms with Crippen LogP contribution in [0.5, 0.6) is 0 Å². The van der Waals surface area contributed by atoms with Gasteiger partial charge >= 0.3 is 0 Å². The Kier molecular flexibility index (Phi) is 4.50. The zero-order valence-corrected chi connectivity index (χ0v) is 14.8. The van der Waals surface area contributed by atoms with E-state index in [2.05, 4.69) is 15.3 Å². The van der Waals surface area contributed by atoms with Gasteiger partial charge in [-0.3, -0.25) is 9.59 Å². The zero-order chi connectivity index (χ0) is 17.9. The molecule has 0 fully saturated rings. The number of hydrogen-bond donors (Lipinski definition) is 2. The minimum Gasteiger partial charge on any atom is -0.355 e. The average molecular weight is 363 g/mol. The first kappa shape index (κ1) is 16.5. The zero-order valence-electron chi connectivity index (χ0n) is 14.0. The Bertz CT molecular complexity index is 1110. The number of hydrogen-bond acceptors (Lipinski definition) is 4. The summed E-state index contributed by atoms with van der Waals surface area (Å²) in [5.74, 6) is -0.160. The molecular weight excluding hydrogens is 346 g/mol. The van der Waals surface area contributed by atoms with Crippen LogP contribution >= 0.6 is 11.3 Å². The van der Waals surface area contributed by atoms with Crippen molar-refractivity contribution >= 4 is 38.4 Å². The van der Waals surface area contributed by atoms with Gasteiger partial charge in [-0.05, 0) is 29.7 Å². The monoisotopic (exact) mass is 363 g/mol. The molecule has 1 amide bonds. The highest BCUT2D eigenvalue weighted by Gasteiger charge is 2.09. The van der Waals surface area contributed by atoms with E-state index in [9.17, 15) is 9.59 Å². The summed E-state index contributed by atoms with van der Waals surface area (Å²) in [5, 5.41) is 4.79. The van der Waals surface area contributed by atoms with E-state index in [1.54, 1.807) is 17.4 Å². The summed E-state index contributed by atoms with van der Waals surface area (Å²) < 4.78 is 1.15. The van der Waals surface area contributed by atoms with Gasteiger partial charge in [-0.25, -0.2) is 4.98 Å². The molecule has 2 aromatic heterocycles. The maximum atomic E-state index is 12.2. The molecule has 0 aliphatic heterocycles. The van der Waals surface area contributed by atoms with Crippen molar-refractivity contribution in [3.05, 3.63) is 75.5 Å². The molecule has 4 rings (SSSR count). The normalized spacial score (nSPS) is 11.1. The highest BCUT2D eigenvalue weighted by molar-refractivity contribution is 7.18. The first-order valence-electron chi connectivity index (χ1n) is 8.41. The lowest BCUT2D eigenvalue weighted by Gasteiger charge is -2.05. The van der Waals surface area contributed by atoms with Crippen LogP contribution in [0.4, 0.5) is 0 Å². The standard InChI is InChI=1S/C20H17N3O2S/c24-18(12-14-11-13-5-1-2-6-15(13)23-20(14)25)21-10-9-19-22-16-7-3-4-8-17(16)26-19/h1-8,11H,9-10,12H2,(H,21,24)(H,23,25). The molecule has 2 heterocycles. The third-order valence-electron chi connectivity index (χ3n) is 4.18. The van der Waals surface area contributed by atoms with E-state index in [1.807, 2.05) is 48.5 Å². The van der Waals surface area contributed by atoms with Crippen molar-refractivity contribution in [3.8, 4) is 0 Å². The number of H-pyrrole nitrogens is 1. The largest absolute Gasteiger partial charge is 0.355 e. The minimum atomic E-state index is -0.218. The Labute approximate surface area is 153 Å². The molecule has 0 atom stereocenters. The summed E-state index contributed by atoms with van der Waals surface area (Å²) in [4.78, 5) is 31.7. The maximum absolute atomic E-state index is 12.2. The van der Waals surface area contributed by atoms with Crippen LogP contribution in [0.1, 0.15) is 10.6 Å². The van der Waals surface area contributed by atoms with Gasteiger partial charge in [-0.1, -0.05) is 30.3 Å². The first-order chi connectivity index (χ1) is 12.7. The highest BCUT2D eigenvalue weighted by Crippen LogP contribution is 2.21. The summed E-state index contributed by atoms with van der Waals surface area (Å²) in [6, 6.07) is 17.3. The molecule has 26 heavy (non-hydrogen) atoms. The van der Waals surface area contributed by atoms with Crippen molar-refractivity contribution in [3.63, 3.8) is 0 Å². The molecule has 0 spiro atoms. The fraction of sp³-hybridized carbons (Fsp3) is 0.150. The molecule has 0 aliphatic rings. The lowest BCUT2D eigenvalue weighted by Crippen LogP contribution is -2.29. The van der Waals surface area contributed by atoms with E-state index in [-0.39, 0.29) is 17.9 Å². The van der Waals surface area contributed by atoms with E-state index in [4.69, 9.17) is 0 Å². The van der Waals surface area contributed by atoms with Crippen molar-refractivity contribution in [1.29, 1.82) is 0 Å². The molecule has 0 unspecified atom stereocenters. The lowest BCUT2D eigenvalue weighted by atomic mass is 10.1. The van der Waals surface area contributed by atoms with Gasteiger partial charge in [0.1, 0.15) is 0 Å². The molecule has 5 nitrogen and oxygen atoms in total. The number of nitrogens with one attached hydrogen (secondary N) is 2. The third-order valence-corrected chi connectivity index (χ3v) is 5.28. The van der Waals surface area contributed by atoms with Gasteiger partial charge in [0.05, 0.1) is 21.6 Å². The van der Waals surface area contributed by atoms with Gasteiger partial charge in [0, 0.05) is 24.0 Å². The van der Waals surface area contributed by atoms with E-state index in [0.29, 0.717) is 18.5 Å². The van der Waals surface area contributed by atoms with Gasteiger partial charge in [0.15, 0.2) is 0 Å². The smallest absolute Gasteiger partial charge is 0.252 e. The second-order valence-corrected chi connectivity index (χ2v) is 7.18. The van der Waals surface area contributed by atoms with Crippen LogP contribution in [0.25, 0.3) is 21.1 Å². The highest BCUT2D eigenvalue weighted by atomic mass is 32.1. The molecular formula is C20H17N3O2S. The van der Waals surface area contributed by atoms with Gasteiger partial charge in [-0.15, -0.1) is 11.3 Å². The number of aromatic nitrogens is 2. The molecule has 0 saturated heterocycles. The number of thiazole rings is 1. The number of para-hydroxylation sites is 2. The van der Waals surface area contributed by atoms with Crippen LogP contribution in [-0.4, -0.2) is 22.4 Å². The van der Waals surface area contributed by atoms with Crippen LogP contribution in [0, 0.1) is 0 Å². The summed E-state index contributed by atoms with van der Waals surface area (Å²) in [6.45, 7) is 0.504. The van der Waals surface area contributed by atoms with Gasteiger partial charge < -0.3 is 10.3 Å². The topological polar surface area (TPSA) is 74.8 Å².